The molecule has 0 spiro atoms. The molecular formula is C33H46N8O9. The number of carbonyl (C=O) groups is 5. The highest BCUT2D eigenvalue weighted by molar-refractivity contribution is 5.97. The van der Waals surface area contributed by atoms with Crippen molar-refractivity contribution in [1.82, 2.24) is 20.2 Å². The van der Waals surface area contributed by atoms with E-state index in [9.17, 15) is 33.9 Å². The number of fused-ring (bicyclic) bond motifs is 1. The molecule has 1 aromatic heterocycles. The smallest absolute Gasteiger partial charge is 0.326 e. The van der Waals surface area contributed by atoms with Crippen LogP contribution in [0.5, 0.6) is 0 Å². The van der Waals surface area contributed by atoms with Crippen molar-refractivity contribution in [2.75, 3.05) is 54.1 Å². The molecule has 2 aromatic rings. The van der Waals surface area contributed by atoms with Gasteiger partial charge in [-0.2, -0.15) is 4.98 Å². The van der Waals surface area contributed by atoms with Gasteiger partial charge >= 0.3 is 17.9 Å². The van der Waals surface area contributed by atoms with Crippen LogP contribution in [0.15, 0.2) is 40.8 Å². The fourth-order valence-corrected chi connectivity index (χ4v) is 5.36. The molecule has 2 amide bonds. The maximum atomic E-state index is 13.1. The second-order valence-corrected chi connectivity index (χ2v) is 11.9. The molecule has 0 bridgehead atoms. The van der Waals surface area contributed by atoms with E-state index in [2.05, 4.69) is 25.9 Å². The molecule has 2 unspecified atom stereocenters. The highest BCUT2D eigenvalue weighted by Gasteiger charge is 2.30. The molecule has 0 fully saturated rings. The summed E-state index contributed by atoms with van der Waals surface area (Å²) in [4.78, 5) is 82.4. The molecular weight excluding hydrogens is 652 g/mol. The summed E-state index contributed by atoms with van der Waals surface area (Å²) < 4.78 is 4.96. The number of ether oxygens (including phenoxy) is 1. The molecule has 1 aliphatic heterocycles. The van der Waals surface area contributed by atoms with E-state index >= 15 is 0 Å². The standard InChI is InChI=1S/C33H46N8O9/c1-4-50-27(45)8-6-5-7-15-40(21(3)42)18-20(2)19-41-24(17-36-29-28(41)31(47)39-33(34)38-29)16-35-23-11-9-22(10-12-23)30(46)37-25(32(48)49)13-14-26(43)44/h9-12,18,24-25,35H,4-8,13-17,19H2,1-3H3,(H,37,46)(H,43,44)(H,48,49)(H4,34,36,38,39,47)/b20-18+. The minimum atomic E-state index is -1.35. The van der Waals surface area contributed by atoms with E-state index in [1.807, 2.05) is 11.8 Å². The van der Waals surface area contributed by atoms with E-state index in [0.29, 0.717) is 62.7 Å². The van der Waals surface area contributed by atoms with Crippen LogP contribution in [0.3, 0.4) is 0 Å². The number of aliphatic carboxylic acids is 2. The van der Waals surface area contributed by atoms with Gasteiger partial charge in [-0.3, -0.25) is 29.0 Å². The number of H-pyrrole nitrogens is 1. The number of unbranched alkanes of at least 4 members (excludes halogenated alkanes) is 2. The first-order chi connectivity index (χ1) is 23.8. The van der Waals surface area contributed by atoms with Gasteiger partial charge in [0.15, 0.2) is 5.82 Å². The Balaban J connectivity index is 1.70. The van der Waals surface area contributed by atoms with Crippen molar-refractivity contribution in [3.63, 3.8) is 0 Å². The topological polar surface area (TPSA) is 249 Å². The molecule has 0 radical (unpaired) electrons. The van der Waals surface area contributed by atoms with E-state index in [-0.39, 0.29) is 42.4 Å². The fourth-order valence-electron chi connectivity index (χ4n) is 5.36. The van der Waals surface area contributed by atoms with Gasteiger partial charge in [-0.25, -0.2) is 4.79 Å². The number of carboxylic acid groups (broad SMARTS) is 2. The number of hydrogen-bond donors (Lipinski definition) is 7. The van der Waals surface area contributed by atoms with Crippen LogP contribution in [0, 0.1) is 0 Å². The predicted molar refractivity (Wildman–Crippen MR) is 186 cm³/mol. The van der Waals surface area contributed by atoms with Crippen molar-refractivity contribution in [3.05, 3.63) is 52.0 Å². The molecule has 1 aromatic carbocycles. The first kappa shape index (κ1) is 38.8. The molecule has 17 heteroatoms. The third kappa shape index (κ3) is 11.8. The van der Waals surface area contributed by atoms with Crippen molar-refractivity contribution in [1.29, 1.82) is 0 Å². The van der Waals surface area contributed by atoms with Gasteiger partial charge in [0.05, 0.1) is 12.6 Å². The second-order valence-electron chi connectivity index (χ2n) is 11.9. The van der Waals surface area contributed by atoms with Crippen molar-refractivity contribution in [2.24, 2.45) is 0 Å². The third-order valence-corrected chi connectivity index (χ3v) is 7.87. The predicted octanol–water partition coefficient (Wildman–Crippen LogP) is 1.99. The zero-order chi connectivity index (χ0) is 36.8. The highest BCUT2D eigenvalue weighted by Crippen LogP contribution is 2.28. The summed E-state index contributed by atoms with van der Waals surface area (Å²) in [6.45, 7) is 6.94. The SMILES string of the molecule is CCOC(=O)CCCCCN(/C=C(\C)CN1c2c(nc(N)[nH]c2=O)NCC1CNc1ccc(C(=O)NC(CCC(=O)O)C(=O)O)cc1)C(C)=O. The van der Waals surface area contributed by atoms with Crippen molar-refractivity contribution in [2.45, 2.75) is 71.4 Å². The van der Waals surface area contributed by atoms with Crippen molar-refractivity contribution < 1.29 is 38.9 Å². The summed E-state index contributed by atoms with van der Waals surface area (Å²) >= 11 is 0. The zero-order valence-electron chi connectivity index (χ0n) is 28.5. The lowest BCUT2D eigenvalue weighted by Crippen LogP contribution is -2.51. The number of esters is 1. The number of hydrogen-bond acceptors (Lipinski definition) is 12. The first-order valence-electron chi connectivity index (χ1n) is 16.4. The van der Waals surface area contributed by atoms with Crippen molar-refractivity contribution >= 4 is 52.9 Å². The molecule has 50 heavy (non-hydrogen) atoms. The van der Waals surface area contributed by atoms with Gasteiger partial charge in [0, 0.05) is 63.4 Å². The number of nitrogens with two attached hydrogens (primary N) is 1. The Morgan fingerprint density at radius 3 is 2.48 bits per heavy atom. The normalized spacial score (nSPS) is 14.5. The third-order valence-electron chi connectivity index (χ3n) is 7.87. The molecule has 0 aliphatic carbocycles. The van der Waals surface area contributed by atoms with Crippen LogP contribution < -0.4 is 32.1 Å². The molecule has 1 aliphatic rings. The van der Waals surface area contributed by atoms with E-state index in [1.165, 1.54) is 19.1 Å². The Labute approximate surface area is 289 Å². The number of benzene rings is 1. The number of anilines is 4. The lowest BCUT2D eigenvalue weighted by molar-refractivity contribution is -0.143. The van der Waals surface area contributed by atoms with E-state index in [1.54, 1.807) is 30.2 Å². The molecule has 17 nitrogen and oxygen atoms in total. The Morgan fingerprint density at radius 1 is 1.12 bits per heavy atom. The van der Waals surface area contributed by atoms with Crippen LogP contribution >= 0.6 is 0 Å². The van der Waals surface area contributed by atoms with E-state index < -0.39 is 35.9 Å². The number of amides is 2. The largest absolute Gasteiger partial charge is 0.481 e. The van der Waals surface area contributed by atoms with Crippen LogP contribution in [0.2, 0.25) is 0 Å². The summed E-state index contributed by atoms with van der Waals surface area (Å²) in [5, 5.41) is 27.0. The molecule has 2 heterocycles. The maximum absolute atomic E-state index is 13.1. The number of carboxylic acids is 2. The Hall–Kier alpha value is -5.61. The molecule has 272 valence electrons. The molecule has 3 rings (SSSR count). The summed E-state index contributed by atoms with van der Waals surface area (Å²) in [5.41, 5.74) is 7.31. The fraction of sp³-hybridized carbons (Fsp3) is 0.485. The summed E-state index contributed by atoms with van der Waals surface area (Å²) in [6.07, 6.45) is 3.54. The van der Waals surface area contributed by atoms with Gasteiger partial charge in [0.1, 0.15) is 11.7 Å². The summed E-state index contributed by atoms with van der Waals surface area (Å²) in [5.74, 6) is -3.23. The minimum Gasteiger partial charge on any atom is -0.481 e. The molecule has 0 saturated heterocycles. The van der Waals surface area contributed by atoms with Gasteiger partial charge in [-0.15, -0.1) is 0 Å². The first-order valence-corrected chi connectivity index (χ1v) is 16.4. The van der Waals surface area contributed by atoms with Gasteiger partial charge in [-0.1, -0.05) is 6.42 Å². The van der Waals surface area contributed by atoms with Crippen LogP contribution in [-0.2, 0) is 23.9 Å². The lowest BCUT2D eigenvalue weighted by Gasteiger charge is -2.38. The number of aromatic amines is 1. The molecule has 0 saturated carbocycles. The minimum absolute atomic E-state index is 0.0311. The number of aromatic nitrogens is 2. The number of nitrogens with one attached hydrogen (secondary N) is 4. The average molecular weight is 699 g/mol. The Kier molecular flexibility index (Phi) is 14.6. The number of rotatable bonds is 19. The van der Waals surface area contributed by atoms with Gasteiger partial charge < -0.3 is 46.4 Å². The maximum Gasteiger partial charge on any atom is 0.326 e. The van der Waals surface area contributed by atoms with Gasteiger partial charge in [-0.05, 0) is 62.9 Å². The van der Waals surface area contributed by atoms with Crippen LogP contribution in [-0.4, -0.2) is 99.7 Å². The monoisotopic (exact) mass is 698 g/mol. The molecule has 8 N–H and O–H groups in total. The second kappa shape index (κ2) is 18.8. The van der Waals surface area contributed by atoms with Crippen LogP contribution in [0.1, 0.15) is 69.7 Å². The van der Waals surface area contributed by atoms with Gasteiger partial charge in [0.25, 0.3) is 11.5 Å². The van der Waals surface area contributed by atoms with Crippen LogP contribution in [0.4, 0.5) is 23.1 Å². The zero-order valence-corrected chi connectivity index (χ0v) is 28.5. The number of nitrogens with zero attached hydrogens (tertiary/aromatic N) is 3. The number of nitrogen functional groups attached to an aromatic ring is 1. The highest BCUT2D eigenvalue weighted by atomic mass is 16.5. The quantitative estimate of drug-likeness (QED) is 0.0819. The molecule has 2 atom stereocenters. The summed E-state index contributed by atoms with van der Waals surface area (Å²) in [6, 6.07) is 4.69. The van der Waals surface area contributed by atoms with E-state index in [0.717, 1.165) is 12.0 Å². The van der Waals surface area contributed by atoms with Gasteiger partial charge in [0.2, 0.25) is 11.9 Å². The van der Waals surface area contributed by atoms with E-state index in [4.69, 9.17) is 15.6 Å². The average Bonchev–Trinajstić information content (AvgIpc) is 3.05. The lowest BCUT2D eigenvalue weighted by atomic mass is 10.1. The Morgan fingerprint density at radius 2 is 1.84 bits per heavy atom. The number of carbonyl (C=O) groups excluding carboxylic acids is 3. The Bertz CT molecular complexity index is 1610. The van der Waals surface area contributed by atoms with Crippen molar-refractivity contribution in [3.8, 4) is 0 Å². The van der Waals surface area contributed by atoms with Crippen LogP contribution in [0.25, 0.3) is 0 Å². The summed E-state index contributed by atoms with van der Waals surface area (Å²) in [7, 11) is 0.